The molecule has 2 heterocycles. The second kappa shape index (κ2) is 6.31. The van der Waals surface area contributed by atoms with Crippen LogP contribution in [0.4, 0.5) is 5.82 Å². The number of rotatable bonds is 5. The summed E-state index contributed by atoms with van der Waals surface area (Å²) in [7, 11) is 0. The molecule has 1 saturated heterocycles. The first-order valence-electron chi connectivity index (χ1n) is 6.54. The predicted octanol–water partition coefficient (Wildman–Crippen LogP) is 1.32. The Morgan fingerprint density at radius 1 is 1.50 bits per heavy atom. The Bertz CT molecular complexity index is 402. The van der Waals surface area contributed by atoms with E-state index < -0.39 is 0 Å². The van der Waals surface area contributed by atoms with Gasteiger partial charge in [-0.3, -0.25) is 0 Å². The van der Waals surface area contributed by atoms with E-state index in [1.165, 1.54) is 12.8 Å². The van der Waals surface area contributed by atoms with Crippen molar-refractivity contribution in [3.63, 3.8) is 0 Å². The first kappa shape index (κ1) is 12.8. The van der Waals surface area contributed by atoms with Crippen molar-refractivity contribution in [2.24, 2.45) is 0 Å². The predicted molar refractivity (Wildman–Crippen MR) is 70.3 cm³/mol. The molecule has 5 heteroatoms. The molecule has 0 spiro atoms. The Kier molecular flexibility index (Phi) is 4.48. The van der Waals surface area contributed by atoms with Crippen LogP contribution in [0.3, 0.4) is 0 Å². The molecule has 0 aromatic carbocycles. The monoisotopic (exact) mass is 245 g/mol. The molecule has 0 saturated carbocycles. The van der Waals surface area contributed by atoms with Gasteiger partial charge in [0.25, 0.3) is 0 Å². The highest BCUT2D eigenvalue weighted by molar-refractivity contribution is 5.37. The lowest BCUT2D eigenvalue weighted by atomic mass is 10.2. The van der Waals surface area contributed by atoms with Crippen LogP contribution in [0.1, 0.15) is 31.9 Å². The molecule has 1 aromatic rings. The third-order valence-electron chi connectivity index (χ3n) is 3.17. The summed E-state index contributed by atoms with van der Waals surface area (Å²) in [6.07, 6.45) is 6.80. The van der Waals surface area contributed by atoms with Crippen LogP contribution in [-0.4, -0.2) is 35.6 Å². The van der Waals surface area contributed by atoms with Crippen LogP contribution < -0.4 is 10.2 Å². The van der Waals surface area contributed by atoms with E-state index in [0.29, 0.717) is 11.7 Å². The summed E-state index contributed by atoms with van der Waals surface area (Å²) in [6.45, 7) is 5.21. The summed E-state index contributed by atoms with van der Waals surface area (Å²) in [5.41, 5.74) is 0.370. The minimum atomic E-state index is 0.370. The summed E-state index contributed by atoms with van der Waals surface area (Å²) in [4.78, 5) is 10.7. The highest BCUT2D eigenvalue weighted by atomic mass is 15.2. The van der Waals surface area contributed by atoms with E-state index in [1.54, 1.807) is 12.4 Å². The van der Waals surface area contributed by atoms with Crippen molar-refractivity contribution in [1.29, 1.82) is 5.26 Å². The molecule has 1 atom stereocenters. The molecule has 1 aliphatic rings. The Morgan fingerprint density at radius 2 is 2.39 bits per heavy atom. The fraction of sp³-hybridized carbons (Fsp3) is 0.615. The molecule has 96 valence electrons. The molecule has 0 amide bonds. The van der Waals surface area contributed by atoms with E-state index in [4.69, 9.17) is 5.26 Å². The Labute approximate surface area is 108 Å². The van der Waals surface area contributed by atoms with Crippen LogP contribution in [0.2, 0.25) is 0 Å². The number of nitriles is 1. The van der Waals surface area contributed by atoms with Gasteiger partial charge in [0.15, 0.2) is 5.69 Å². The molecule has 1 N–H and O–H groups in total. The number of nitrogens with zero attached hydrogens (tertiary/aromatic N) is 4. The quantitative estimate of drug-likeness (QED) is 0.847. The zero-order valence-electron chi connectivity index (χ0n) is 10.8. The van der Waals surface area contributed by atoms with Crippen LogP contribution in [-0.2, 0) is 0 Å². The van der Waals surface area contributed by atoms with Crippen LogP contribution in [0.5, 0.6) is 0 Å². The lowest BCUT2D eigenvalue weighted by Gasteiger charge is -2.26. The summed E-state index contributed by atoms with van der Waals surface area (Å²) in [6, 6.07) is 2.54. The lowest BCUT2D eigenvalue weighted by molar-refractivity contribution is 0.575. The highest BCUT2D eigenvalue weighted by Gasteiger charge is 2.18. The van der Waals surface area contributed by atoms with Crippen molar-refractivity contribution in [3.05, 3.63) is 18.1 Å². The van der Waals surface area contributed by atoms with Gasteiger partial charge in [-0.25, -0.2) is 9.97 Å². The molecule has 18 heavy (non-hydrogen) atoms. The van der Waals surface area contributed by atoms with Gasteiger partial charge in [0, 0.05) is 19.1 Å². The SMILES string of the molecule is CCCN(CC1CCCN1)c1cnc(C#N)cn1. The van der Waals surface area contributed by atoms with Crippen molar-refractivity contribution in [2.45, 2.75) is 32.2 Å². The van der Waals surface area contributed by atoms with E-state index >= 15 is 0 Å². The minimum Gasteiger partial charge on any atom is -0.354 e. The molecular weight excluding hydrogens is 226 g/mol. The zero-order chi connectivity index (χ0) is 12.8. The molecular formula is C13H19N5. The Balaban J connectivity index is 2.05. The van der Waals surface area contributed by atoms with E-state index in [0.717, 1.165) is 31.9 Å². The molecule has 1 aromatic heterocycles. The number of aromatic nitrogens is 2. The van der Waals surface area contributed by atoms with Gasteiger partial charge in [-0.1, -0.05) is 6.92 Å². The van der Waals surface area contributed by atoms with Crippen LogP contribution >= 0.6 is 0 Å². The maximum absolute atomic E-state index is 8.72. The largest absolute Gasteiger partial charge is 0.354 e. The average Bonchev–Trinajstić information content (AvgIpc) is 2.91. The normalized spacial score (nSPS) is 18.6. The molecule has 1 aliphatic heterocycles. The van der Waals surface area contributed by atoms with Gasteiger partial charge in [-0.2, -0.15) is 5.26 Å². The average molecular weight is 245 g/mol. The van der Waals surface area contributed by atoms with Gasteiger partial charge >= 0.3 is 0 Å². The van der Waals surface area contributed by atoms with Gasteiger partial charge in [0.2, 0.25) is 0 Å². The summed E-state index contributed by atoms with van der Waals surface area (Å²) in [5, 5.41) is 12.2. The third-order valence-corrected chi connectivity index (χ3v) is 3.17. The second-order valence-corrected chi connectivity index (χ2v) is 4.61. The van der Waals surface area contributed by atoms with Gasteiger partial charge in [0.1, 0.15) is 11.9 Å². The van der Waals surface area contributed by atoms with Gasteiger partial charge in [-0.05, 0) is 25.8 Å². The lowest BCUT2D eigenvalue weighted by Crippen LogP contribution is -2.38. The van der Waals surface area contributed by atoms with Gasteiger partial charge in [0.05, 0.1) is 12.4 Å². The number of nitrogens with one attached hydrogen (secondary N) is 1. The maximum Gasteiger partial charge on any atom is 0.158 e. The Morgan fingerprint density at radius 3 is 2.94 bits per heavy atom. The number of hydrogen-bond acceptors (Lipinski definition) is 5. The van der Waals surface area contributed by atoms with E-state index in [-0.39, 0.29) is 0 Å². The van der Waals surface area contributed by atoms with Crippen molar-refractivity contribution < 1.29 is 0 Å². The summed E-state index contributed by atoms with van der Waals surface area (Å²) < 4.78 is 0. The van der Waals surface area contributed by atoms with Crippen LogP contribution in [0.25, 0.3) is 0 Å². The maximum atomic E-state index is 8.72. The molecule has 1 fully saturated rings. The van der Waals surface area contributed by atoms with Crippen LogP contribution in [0.15, 0.2) is 12.4 Å². The highest BCUT2D eigenvalue weighted by Crippen LogP contribution is 2.13. The number of anilines is 1. The van der Waals surface area contributed by atoms with Gasteiger partial charge in [-0.15, -0.1) is 0 Å². The molecule has 1 unspecified atom stereocenters. The summed E-state index contributed by atoms with van der Waals surface area (Å²) >= 11 is 0. The summed E-state index contributed by atoms with van der Waals surface area (Å²) in [5.74, 6) is 0.865. The van der Waals surface area contributed by atoms with Crippen molar-refractivity contribution in [3.8, 4) is 6.07 Å². The molecule has 0 radical (unpaired) electrons. The fourth-order valence-corrected chi connectivity index (χ4v) is 2.29. The van der Waals surface area contributed by atoms with E-state index in [2.05, 4.69) is 27.1 Å². The van der Waals surface area contributed by atoms with E-state index in [1.807, 2.05) is 6.07 Å². The smallest absolute Gasteiger partial charge is 0.158 e. The first-order valence-corrected chi connectivity index (χ1v) is 6.54. The topological polar surface area (TPSA) is 64.8 Å². The van der Waals surface area contributed by atoms with Crippen molar-refractivity contribution >= 4 is 5.82 Å². The van der Waals surface area contributed by atoms with E-state index in [9.17, 15) is 0 Å². The van der Waals surface area contributed by atoms with Crippen molar-refractivity contribution in [2.75, 3.05) is 24.5 Å². The minimum absolute atomic E-state index is 0.370. The van der Waals surface area contributed by atoms with Gasteiger partial charge < -0.3 is 10.2 Å². The standard InChI is InChI=1S/C13H19N5/c1-2-6-18(10-11-4-3-5-15-11)13-9-16-12(7-14)8-17-13/h8-9,11,15H,2-6,10H2,1H3. The Hall–Kier alpha value is -1.67. The second-order valence-electron chi connectivity index (χ2n) is 4.61. The third kappa shape index (κ3) is 3.17. The van der Waals surface area contributed by atoms with Crippen LogP contribution in [0, 0.1) is 11.3 Å². The molecule has 5 nitrogen and oxygen atoms in total. The molecule has 0 aliphatic carbocycles. The molecule has 0 bridgehead atoms. The zero-order valence-corrected chi connectivity index (χ0v) is 10.8. The number of hydrogen-bond donors (Lipinski definition) is 1. The molecule has 2 rings (SSSR count). The van der Waals surface area contributed by atoms with Crippen molar-refractivity contribution in [1.82, 2.24) is 15.3 Å². The first-order chi connectivity index (χ1) is 8.83. The fourth-order valence-electron chi connectivity index (χ4n) is 2.29.